The zero-order valence-corrected chi connectivity index (χ0v) is 11.1. The summed E-state index contributed by atoms with van der Waals surface area (Å²) in [4.78, 5) is 30.8. The van der Waals surface area contributed by atoms with Crippen molar-refractivity contribution in [1.29, 1.82) is 5.41 Å². The van der Waals surface area contributed by atoms with E-state index in [2.05, 4.69) is 5.32 Å². The second-order valence-corrected chi connectivity index (χ2v) is 3.79. The van der Waals surface area contributed by atoms with Gasteiger partial charge >= 0.3 is 0 Å². The maximum absolute atomic E-state index is 10.6. The van der Waals surface area contributed by atoms with Gasteiger partial charge in [-0.1, -0.05) is 0 Å². The van der Waals surface area contributed by atoms with Crippen molar-refractivity contribution in [2.24, 2.45) is 0 Å². The van der Waals surface area contributed by atoms with E-state index in [0.29, 0.717) is 5.69 Å². The normalized spacial score (nSPS) is 8.79. The van der Waals surface area contributed by atoms with Gasteiger partial charge in [0.25, 0.3) is 0 Å². The van der Waals surface area contributed by atoms with Gasteiger partial charge in [0.05, 0.1) is 0 Å². The van der Waals surface area contributed by atoms with Crippen LogP contribution in [0, 0.1) is 5.41 Å². The standard InChI is InChI=1S/C8H10N2O.C5H7NO2/c1-6(11)10-8-4-2-7(9)3-5-8;1-3(7)5(6)4(2)8/h2-5H,9H2,1H3,(H,10,11);6H,1-2H3. The molecule has 0 aromatic heterocycles. The van der Waals surface area contributed by atoms with Crippen LogP contribution in [0.1, 0.15) is 20.8 Å². The molecule has 19 heavy (non-hydrogen) atoms. The number of amides is 1. The third-order valence-electron chi connectivity index (χ3n) is 1.94. The number of carbonyl (C=O) groups is 3. The molecule has 0 radical (unpaired) electrons. The van der Waals surface area contributed by atoms with Crippen LogP contribution >= 0.6 is 0 Å². The van der Waals surface area contributed by atoms with Crippen molar-refractivity contribution in [2.45, 2.75) is 20.8 Å². The number of benzene rings is 1. The Labute approximate surface area is 111 Å². The Hall–Kier alpha value is -2.50. The highest BCUT2D eigenvalue weighted by Gasteiger charge is 2.06. The second kappa shape index (κ2) is 7.75. The first-order chi connectivity index (χ1) is 8.73. The summed E-state index contributed by atoms with van der Waals surface area (Å²) in [6, 6.07) is 7.00. The van der Waals surface area contributed by atoms with Crippen molar-refractivity contribution in [3.63, 3.8) is 0 Å². The van der Waals surface area contributed by atoms with E-state index in [0.717, 1.165) is 5.69 Å². The van der Waals surface area contributed by atoms with Gasteiger partial charge in [-0.05, 0) is 24.3 Å². The van der Waals surface area contributed by atoms with Gasteiger partial charge < -0.3 is 11.1 Å². The van der Waals surface area contributed by atoms with E-state index in [4.69, 9.17) is 11.1 Å². The zero-order chi connectivity index (χ0) is 15.0. The van der Waals surface area contributed by atoms with Gasteiger partial charge in [0.1, 0.15) is 5.71 Å². The average molecular weight is 263 g/mol. The van der Waals surface area contributed by atoms with Crippen LogP contribution < -0.4 is 11.1 Å². The van der Waals surface area contributed by atoms with Crippen molar-refractivity contribution in [3.8, 4) is 0 Å². The van der Waals surface area contributed by atoms with Gasteiger partial charge in [0, 0.05) is 32.1 Å². The van der Waals surface area contributed by atoms with Gasteiger partial charge in [-0.25, -0.2) is 0 Å². The van der Waals surface area contributed by atoms with Gasteiger partial charge in [-0.15, -0.1) is 0 Å². The Morgan fingerprint density at radius 3 is 1.68 bits per heavy atom. The number of hydrogen-bond donors (Lipinski definition) is 3. The maximum atomic E-state index is 10.6. The fraction of sp³-hybridized carbons (Fsp3) is 0.231. The molecule has 6 heteroatoms. The zero-order valence-electron chi connectivity index (χ0n) is 11.1. The van der Waals surface area contributed by atoms with Crippen molar-refractivity contribution < 1.29 is 14.4 Å². The summed E-state index contributed by atoms with van der Waals surface area (Å²) in [7, 11) is 0. The van der Waals surface area contributed by atoms with Crippen molar-refractivity contribution in [2.75, 3.05) is 11.1 Å². The Bertz CT molecular complexity index is 476. The highest BCUT2D eigenvalue weighted by molar-refractivity contribution is 6.64. The molecule has 0 unspecified atom stereocenters. The summed E-state index contributed by atoms with van der Waals surface area (Å²) in [5, 5.41) is 9.34. The number of rotatable bonds is 3. The van der Waals surface area contributed by atoms with Crippen LogP contribution in [0.2, 0.25) is 0 Å². The summed E-state index contributed by atoms with van der Waals surface area (Å²) >= 11 is 0. The lowest BCUT2D eigenvalue weighted by Crippen LogP contribution is -2.16. The molecule has 0 aliphatic carbocycles. The minimum absolute atomic E-state index is 0.0743. The van der Waals surface area contributed by atoms with Crippen LogP contribution in [-0.4, -0.2) is 23.2 Å². The number of nitrogens with two attached hydrogens (primary N) is 1. The molecule has 0 atom stereocenters. The van der Waals surface area contributed by atoms with E-state index in [9.17, 15) is 14.4 Å². The van der Waals surface area contributed by atoms with Crippen LogP contribution in [0.4, 0.5) is 11.4 Å². The SMILES string of the molecule is CC(=O)C(=N)C(C)=O.CC(=O)Nc1ccc(N)cc1. The highest BCUT2D eigenvalue weighted by Crippen LogP contribution is 2.09. The third kappa shape index (κ3) is 7.43. The molecule has 0 fully saturated rings. The average Bonchev–Trinajstić information content (AvgIpc) is 2.31. The molecule has 0 spiro atoms. The largest absolute Gasteiger partial charge is 0.399 e. The minimum Gasteiger partial charge on any atom is -0.399 e. The topological polar surface area (TPSA) is 113 Å². The third-order valence-corrected chi connectivity index (χ3v) is 1.94. The molecular formula is C13H17N3O3. The molecule has 102 valence electrons. The molecule has 0 bridgehead atoms. The molecule has 0 heterocycles. The molecule has 6 nitrogen and oxygen atoms in total. The summed E-state index contributed by atoms with van der Waals surface area (Å²) in [5.74, 6) is -1.02. The maximum Gasteiger partial charge on any atom is 0.221 e. The van der Waals surface area contributed by atoms with Crippen LogP contribution in [0.3, 0.4) is 0 Å². The lowest BCUT2D eigenvalue weighted by molar-refractivity contribution is -0.115. The van der Waals surface area contributed by atoms with Gasteiger partial charge in [-0.2, -0.15) is 0 Å². The monoisotopic (exact) mass is 263 g/mol. The molecule has 0 aliphatic rings. The number of anilines is 2. The van der Waals surface area contributed by atoms with Gasteiger partial charge in [-0.3, -0.25) is 19.8 Å². The predicted octanol–water partition coefficient (Wildman–Crippen LogP) is 1.41. The first-order valence-electron chi connectivity index (χ1n) is 5.47. The molecule has 0 saturated carbocycles. The molecule has 0 saturated heterocycles. The molecule has 1 aromatic carbocycles. The number of Topliss-reactive ketones (excluding diaryl/α,β-unsaturated/α-hetero) is 2. The number of nitrogen functional groups attached to an aromatic ring is 1. The Morgan fingerprint density at radius 2 is 1.42 bits per heavy atom. The van der Waals surface area contributed by atoms with Crippen molar-refractivity contribution in [3.05, 3.63) is 24.3 Å². The molecule has 1 rings (SSSR count). The summed E-state index contributed by atoms with van der Waals surface area (Å²) < 4.78 is 0. The van der Waals surface area contributed by atoms with E-state index in [-0.39, 0.29) is 5.91 Å². The fourth-order valence-electron chi connectivity index (χ4n) is 1.02. The smallest absolute Gasteiger partial charge is 0.221 e. The van der Waals surface area contributed by atoms with Gasteiger partial charge in [0.2, 0.25) is 5.91 Å². The number of carbonyl (C=O) groups excluding carboxylic acids is 3. The Kier molecular flexibility index (Phi) is 6.73. The minimum atomic E-state index is -0.475. The first kappa shape index (κ1) is 16.5. The quantitative estimate of drug-likeness (QED) is 0.434. The Balaban J connectivity index is 0.000000362. The van der Waals surface area contributed by atoms with Crippen LogP contribution in [0.5, 0.6) is 0 Å². The van der Waals surface area contributed by atoms with E-state index >= 15 is 0 Å². The van der Waals surface area contributed by atoms with Crippen molar-refractivity contribution >= 4 is 34.6 Å². The number of hydrogen-bond acceptors (Lipinski definition) is 5. The van der Waals surface area contributed by atoms with Crippen LogP contribution in [0.15, 0.2) is 24.3 Å². The van der Waals surface area contributed by atoms with E-state index in [1.54, 1.807) is 24.3 Å². The lowest BCUT2D eigenvalue weighted by atomic mass is 10.2. The van der Waals surface area contributed by atoms with Crippen LogP contribution in [0.25, 0.3) is 0 Å². The molecule has 0 aliphatic heterocycles. The summed E-state index contributed by atoms with van der Waals surface area (Å²) in [6.07, 6.45) is 0. The lowest BCUT2D eigenvalue weighted by Gasteiger charge is -2.00. The summed E-state index contributed by atoms with van der Waals surface area (Å²) in [6.45, 7) is 3.86. The molecular weight excluding hydrogens is 246 g/mol. The van der Waals surface area contributed by atoms with Crippen molar-refractivity contribution in [1.82, 2.24) is 0 Å². The molecule has 1 amide bonds. The molecule has 4 N–H and O–H groups in total. The highest BCUT2D eigenvalue weighted by atomic mass is 16.2. The van der Waals surface area contributed by atoms with E-state index in [1.807, 2.05) is 0 Å². The Morgan fingerprint density at radius 1 is 1.00 bits per heavy atom. The first-order valence-corrected chi connectivity index (χ1v) is 5.47. The second-order valence-electron chi connectivity index (χ2n) is 3.79. The predicted molar refractivity (Wildman–Crippen MR) is 74.2 cm³/mol. The number of nitrogens with one attached hydrogen (secondary N) is 2. The number of ketones is 2. The molecule has 1 aromatic rings. The van der Waals surface area contributed by atoms with Crippen LogP contribution in [-0.2, 0) is 14.4 Å². The van der Waals surface area contributed by atoms with E-state index in [1.165, 1.54) is 20.8 Å². The summed E-state index contributed by atoms with van der Waals surface area (Å²) in [5.41, 5.74) is 6.48. The fourth-order valence-corrected chi connectivity index (χ4v) is 1.02. The van der Waals surface area contributed by atoms with Gasteiger partial charge in [0.15, 0.2) is 11.6 Å². The van der Waals surface area contributed by atoms with E-state index < -0.39 is 17.3 Å².